The van der Waals surface area contributed by atoms with Crippen LogP contribution in [0, 0.1) is 0 Å². The number of hydrogen-bond donors (Lipinski definition) is 2. The van der Waals surface area contributed by atoms with Gasteiger partial charge in [-0.2, -0.15) is 0 Å². The Morgan fingerprint density at radius 2 is 1.94 bits per heavy atom. The lowest BCUT2D eigenvalue weighted by Crippen LogP contribution is -2.42. The van der Waals surface area contributed by atoms with Gasteiger partial charge in [-0.15, -0.1) is 8.78 Å². The van der Waals surface area contributed by atoms with Crippen LogP contribution in [0.25, 0.3) is 0 Å². The van der Waals surface area contributed by atoms with Gasteiger partial charge in [0.2, 0.25) is 0 Å². The third kappa shape index (κ3) is 5.98. The van der Waals surface area contributed by atoms with Crippen molar-refractivity contribution in [2.75, 3.05) is 32.9 Å². The first-order chi connectivity index (χ1) is 8.41. The molecule has 1 heterocycles. The fourth-order valence-corrected chi connectivity index (χ4v) is 1.47. The van der Waals surface area contributed by atoms with Gasteiger partial charge in [-0.3, -0.25) is 9.64 Å². The predicted molar refractivity (Wildman–Crippen MR) is 54.1 cm³/mol. The molecule has 18 heavy (non-hydrogen) atoms. The summed E-state index contributed by atoms with van der Waals surface area (Å²) in [7, 11) is -2.65. The zero-order chi connectivity index (χ0) is 13.6. The molecule has 0 saturated carbocycles. The summed E-state index contributed by atoms with van der Waals surface area (Å²) in [5, 5.41) is 16.4. The molecule has 1 aliphatic heterocycles. The van der Waals surface area contributed by atoms with Crippen LogP contribution in [-0.2, 0) is 14.1 Å². The minimum absolute atomic E-state index is 0.277. The molecule has 10 heteroatoms. The second-order valence-corrected chi connectivity index (χ2v) is 3.63. The van der Waals surface area contributed by atoms with E-state index in [0.29, 0.717) is 26.3 Å². The van der Waals surface area contributed by atoms with Crippen molar-refractivity contribution in [1.29, 1.82) is 0 Å². The van der Waals surface area contributed by atoms with Crippen LogP contribution in [0.4, 0.5) is 13.2 Å². The van der Waals surface area contributed by atoms with Gasteiger partial charge in [0.05, 0.1) is 19.8 Å². The van der Waals surface area contributed by atoms with Crippen molar-refractivity contribution in [3.63, 3.8) is 0 Å². The van der Waals surface area contributed by atoms with E-state index in [1.54, 1.807) is 0 Å². The molecule has 1 atom stereocenters. The number of alkyl halides is 3. The molecule has 106 valence electrons. The Hall–Kier alpha value is -0.385. The highest BCUT2D eigenvalue weighted by atomic mass is 19.3. The lowest BCUT2D eigenvalue weighted by molar-refractivity contribution is -0.365. The van der Waals surface area contributed by atoms with E-state index >= 15 is 0 Å². The number of nitrogens with zero attached hydrogens (tertiary/aromatic N) is 1. The fourth-order valence-electron chi connectivity index (χ4n) is 1.47. The van der Waals surface area contributed by atoms with Gasteiger partial charge in [-0.1, -0.05) is 0 Å². The molecule has 0 aromatic heterocycles. The molecule has 1 aliphatic rings. The maximum atomic E-state index is 13.5. The molecular formula is C8H15BF3NO5. The summed E-state index contributed by atoms with van der Waals surface area (Å²) >= 11 is 0. The molecule has 1 rings (SSSR count). The van der Waals surface area contributed by atoms with Gasteiger partial charge in [0.15, 0.2) is 6.30 Å². The summed E-state index contributed by atoms with van der Waals surface area (Å²) < 4.78 is 51.1. The van der Waals surface area contributed by atoms with Crippen LogP contribution in [0.15, 0.2) is 0 Å². The molecule has 0 radical (unpaired) electrons. The van der Waals surface area contributed by atoms with E-state index in [1.165, 1.54) is 4.90 Å². The second kappa shape index (κ2) is 7.26. The number of rotatable bonds is 7. The maximum absolute atomic E-state index is 13.5. The summed E-state index contributed by atoms with van der Waals surface area (Å²) in [6.45, 7) is 0.972. The molecular weight excluding hydrogens is 258 g/mol. The van der Waals surface area contributed by atoms with E-state index in [1.807, 2.05) is 0 Å². The molecule has 0 amide bonds. The van der Waals surface area contributed by atoms with Crippen molar-refractivity contribution in [1.82, 2.24) is 4.90 Å². The SMILES string of the molecule is OB(O)OC(F)(F)OCCC(F)N1CCOCC1. The van der Waals surface area contributed by atoms with Crippen molar-refractivity contribution in [2.45, 2.75) is 19.0 Å². The molecule has 0 aliphatic carbocycles. The van der Waals surface area contributed by atoms with Crippen LogP contribution < -0.4 is 0 Å². The number of halogens is 3. The van der Waals surface area contributed by atoms with Crippen LogP contribution >= 0.6 is 0 Å². The van der Waals surface area contributed by atoms with E-state index in [4.69, 9.17) is 14.8 Å². The molecule has 1 saturated heterocycles. The number of hydrogen-bond acceptors (Lipinski definition) is 6. The average molecular weight is 273 g/mol. The Morgan fingerprint density at radius 3 is 2.50 bits per heavy atom. The standard InChI is InChI=1S/C8H15BF3NO5/c10-7(13-2-5-16-6-3-13)1-4-17-8(11,12)18-9(14)15/h7,14-15H,1-6H2. The molecule has 1 unspecified atom stereocenters. The van der Waals surface area contributed by atoms with Gasteiger partial charge in [-0.05, 0) is 0 Å². The molecule has 0 spiro atoms. The maximum Gasteiger partial charge on any atom is 0.640 e. The van der Waals surface area contributed by atoms with Gasteiger partial charge in [0.1, 0.15) is 0 Å². The summed E-state index contributed by atoms with van der Waals surface area (Å²) in [6, 6.07) is 0. The van der Waals surface area contributed by atoms with Gasteiger partial charge in [0, 0.05) is 19.5 Å². The number of morpholine rings is 1. The van der Waals surface area contributed by atoms with Gasteiger partial charge in [0.25, 0.3) is 0 Å². The van der Waals surface area contributed by atoms with Crippen molar-refractivity contribution in [2.24, 2.45) is 0 Å². The molecule has 6 nitrogen and oxygen atoms in total. The topological polar surface area (TPSA) is 71.4 Å². The summed E-state index contributed by atoms with van der Waals surface area (Å²) in [5.41, 5.74) is 0. The molecule has 0 aromatic rings. The minimum Gasteiger partial charge on any atom is -0.402 e. The first-order valence-corrected chi connectivity index (χ1v) is 5.42. The average Bonchev–Trinajstić information content (AvgIpc) is 2.28. The Bertz CT molecular complexity index is 243. The summed E-state index contributed by atoms with van der Waals surface area (Å²) in [5.74, 6) is 0. The predicted octanol–water partition coefficient (Wildman–Crippen LogP) is -0.443. The van der Waals surface area contributed by atoms with Crippen molar-refractivity contribution < 1.29 is 37.3 Å². The Labute approximate surface area is 102 Å². The Morgan fingerprint density at radius 1 is 1.33 bits per heavy atom. The summed E-state index contributed by atoms with van der Waals surface area (Å²) in [4.78, 5) is 1.45. The monoisotopic (exact) mass is 273 g/mol. The third-order valence-electron chi connectivity index (χ3n) is 2.31. The van der Waals surface area contributed by atoms with Crippen LogP contribution in [0.2, 0.25) is 0 Å². The van der Waals surface area contributed by atoms with E-state index in [-0.39, 0.29) is 6.42 Å². The highest BCUT2D eigenvalue weighted by molar-refractivity contribution is 6.32. The minimum atomic E-state index is -4.15. The smallest absolute Gasteiger partial charge is 0.402 e. The largest absolute Gasteiger partial charge is 0.640 e. The molecule has 0 aromatic carbocycles. The lowest BCUT2D eigenvalue weighted by atomic mass is 10.3. The summed E-state index contributed by atoms with van der Waals surface area (Å²) in [6.07, 6.45) is -5.84. The Kier molecular flexibility index (Phi) is 6.32. The Balaban J connectivity index is 2.19. The first-order valence-electron chi connectivity index (χ1n) is 5.42. The highest BCUT2D eigenvalue weighted by Crippen LogP contribution is 2.18. The van der Waals surface area contributed by atoms with Crippen LogP contribution in [0.3, 0.4) is 0 Å². The third-order valence-corrected chi connectivity index (χ3v) is 2.31. The van der Waals surface area contributed by atoms with Crippen molar-refractivity contribution in [3.8, 4) is 0 Å². The molecule has 1 fully saturated rings. The zero-order valence-corrected chi connectivity index (χ0v) is 9.60. The van der Waals surface area contributed by atoms with E-state index in [9.17, 15) is 13.2 Å². The van der Waals surface area contributed by atoms with Gasteiger partial charge in [-0.25, -0.2) is 4.39 Å². The zero-order valence-electron chi connectivity index (χ0n) is 9.60. The van der Waals surface area contributed by atoms with Crippen LogP contribution in [0.5, 0.6) is 0 Å². The van der Waals surface area contributed by atoms with E-state index in [2.05, 4.69) is 9.39 Å². The number of ether oxygens (including phenoxy) is 2. The molecule has 2 N–H and O–H groups in total. The fraction of sp³-hybridized carbons (Fsp3) is 1.00. The highest BCUT2D eigenvalue weighted by Gasteiger charge is 2.37. The van der Waals surface area contributed by atoms with Crippen molar-refractivity contribution >= 4 is 7.32 Å². The van der Waals surface area contributed by atoms with Crippen LogP contribution in [0.1, 0.15) is 6.42 Å². The van der Waals surface area contributed by atoms with Crippen molar-refractivity contribution in [3.05, 3.63) is 0 Å². The second-order valence-electron chi connectivity index (χ2n) is 3.63. The van der Waals surface area contributed by atoms with E-state index in [0.717, 1.165) is 0 Å². The first kappa shape index (κ1) is 15.7. The van der Waals surface area contributed by atoms with Gasteiger partial charge < -0.3 is 19.4 Å². The van der Waals surface area contributed by atoms with Gasteiger partial charge >= 0.3 is 13.6 Å². The van der Waals surface area contributed by atoms with E-state index < -0.39 is 26.5 Å². The van der Waals surface area contributed by atoms with Crippen LogP contribution in [-0.4, -0.2) is 67.8 Å². The quantitative estimate of drug-likeness (QED) is 0.372. The molecule has 0 bridgehead atoms. The lowest BCUT2D eigenvalue weighted by Gasteiger charge is -2.29. The normalized spacial score (nSPS) is 19.8.